The summed E-state index contributed by atoms with van der Waals surface area (Å²) >= 11 is 0. The molecule has 1 N–H and O–H groups in total. The summed E-state index contributed by atoms with van der Waals surface area (Å²) < 4.78 is 73.2. The molecule has 0 aromatic heterocycles. The summed E-state index contributed by atoms with van der Waals surface area (Å²) in [5.74, 6) is -2.03. The Kier molecular flexibility index (Phi) is 9.82. The molecule has 0 amide bonds. The maximum atomic E-state index is 13.0. The van der Waals surface area contributed by atoms with Crippen molar-refractivity contribution in [3.63, 3.8) is 0 Å². The van der Waals surface area contributed by atoms with Gasteiger partial charge in [0.05, 0.1) is 17.0 Å². The van der Waals surface area contributed by atoms with Crippen LogP contribution in [0, 0.1) is 0 Å². The van der Waals surface area contributed by atoms with Gasteiger partial charge in [-0.3, -0.25) is 0 Å². The van der Waals surface area contributed by atoms with Gasteiger partial charge >= 0.3 is 12.3 Å². The van der Waals surface area contributed by atoms with Crippen molar-refractivity contribution < 1.29 is 41.0 Å². The first-order valence-electron chi connectivity index (χ1n) is 11.3. The first-order chi connectivity index (χ1) is 16.4. The van der Waals surface area contributed by atoms with E-state index in [2.05, 4.69) is 4.74 Å². The number of carbonyl (C=O) groups is 1. The molecule has 0 saturated carbocycles. The maximum absolute atomic E-state index is 13.0. The number of ether oxygens (including phenoxy) is 2. The number of alkyl halides is 3. The monoisotopic (exact) mass is 517 g/mol. The van der Waals surface area contributed by atoms with Crippen LogP contribution in [0.2, 0.25) is 0 Å². The first kappa shape index (κ1) is 28.3. The normalized spacial score (nSPS) is 11.8. The smallest absolute Gasteiger partial charge is 0.478 e. The lowest BCUT2D eigenvalue weighted by Gasteiger charge is -2.28. The van der Waals surface area contributed by atoms with Gasteiger partial charge in [0.15, 0.2) is 15.6 Å². The first-order valence-corrected chi connectivity index (χ1v) is 13.0. The lowest BCUT2D eigenvalue weighted by molar-refractivity contribution is -0.274. The Morgan fingerprint density at radius 1 is 0.971 bits per heavy atom. The summed E-state index contributed by atoms with van der Waals surface area (Å²) in [6.07, 6.45) is -1.58. The average molecular weight is 518 g/mol. The molecule has 2 aromatic carbocycles. The predicted octanol–water partition coefficient (Wildman–Crippen LogP) is 6.28. The number of carboxylic acids is 1. The zero-order valence-electron chi connectivity index (χ0n) is 19.9. The van der Waals surface area contributed by atoms with Crippen LogP contribution in [0.25, 0.3) is 0 Å². The Balaban J connectivity index is 2.67. The van der Waals surface area contributed by atoms with E-state index in [9.17, 15) is 31.5 Å². The highest BCUT2D eigenvalue weighted by atomic mass is 32.2. The van der Waals surface area contributed by atoms with E-state index in [4.69, 9.17) is 4.74 Å². The Morgan fingerprint density at radius 3 is 1.97 bits per heavy atom. The third-order valence-corrected chi connectivity index (χ3v) is 6.91. The molecule has 0 unspecified atom stereocenters. The van der Waals surface area contributed by atoms with E-state index in [1.54, 1.807) is 0 Å². The van der Waals surface area contributed by atoms with Crippen LogP contribution in [0.1, 0.15) is 56.8 Å². The lowest BCUT2D eigenvalue weighted by Crippen LogP contribution is -2.27. The SMILES string of the molecule is CCCCN(CCCC)c1cc(C(=O)O)cc(S(=O)(=O)CC)c1Oc1ccc(OC(F)(F)F)cc1. The predicted molar refractivity (Wildman–Crippen MR) is 126 cm³/mol. The quantitative estimate of drug-likeness (QED) is 0.334. The van der Waals surface area contributed by atoms with Crippen LogP contribution < -0.4 is 14.4 Å². The number of rotatable bonds is 13. The number of nitrogens with zero attached hydrogens (tertiary/aromatic N) is 1. The molecule has 0 bridgehead atoms. The van der Waals surface area contributed by atoms with Gasteiger partial charge < -0.3 is 19.5 Å². The van der Waals surface area contributed by atoms with Crippen LogP contribution in [0.4, 0.5) is 18.9 Å². The third-order valence-electron chi connectivity index (χ3n) is 5.18. The zero-order valence-corrected chi connectivity index (χ0v) is 20.7. The van der Waals surface area contributed by atoms with Crippen LogP contribution in [-0.2, 0) is 9.84 Å². The van der Waals surface area contributed by atoms with Crippen molar-refractivity contribution in [3.8, 4) is 17.2 Å². The molecule has 194 valence electrons. The number of hydrogen-bond acceptors (Lipinski definition) is 6. The molecular formula is C24H30F3NO6S. The Hall–Kier alpha value is -2.95. The molecule has 0 atom stereocenters. The standard InChI is InChI=1S/C24H30F3NO6S/c1-4-7-13-28(14-8-5-2)20-15-17(23(29)30)16-21(35(31,32)6-3)22(20)33-18-9-11-19(12-10-18)34-24(25,26)27/h9-12,15-16H,4-8,13-14H2,1-3H3,(H,29,30). The average Bonchev–Trinajstić information content (AvgIpc) is 2.79. The number of aromatic carboxylic acids is 1. The molecule has 0 saturated heterocycles. The van der Waals surface area contributed by atoms with Crippen molar-refractivity contribution in [1.82, 2.24) is 0 Å². The molecule has 35 heavy (non-hydrogen) atoms. The number of hydrogen-bond donors (Lipinski definition) is 1. The van der Waals surface area contributed by atoms with Gasteiger partial charge in [0.25, 0.3) is 0 Å². The second kappa shape index (κ2) is 12.1. The summed E-state index contributed by atoms with van der Waals surface area (Å²) in [6.45, 7) is 6.52. The number of carboxylic acid groups (broad SMARTS) is 1. The van der Waals surface area contributed by atoms with Gasteiger partial charge in [-0.25, -0.2) is 13.2 Å². The van der Waals surface area contributed by atoms with Gasteiger partial charge in [0.2, 0.25) is 0 Å². The number of anilines is 1. The minimum atomic E-state index is -4.86. The van der Waals surface area contributed by atoms with Crippen molar-refractivity contribution >= 4 is 21.5 Å². The van der Waals surface area contributed by atoms with Crippen LogP contribution in [0.3, 0.4) is 0 Å². The molecular weight excluding hydrogens is 487 g/mol. The molecule has 0 aliphatic heterocycles. The molecule has 0 fully saturated rings. The second-order valence-electron chi connectivity index (χ2n) is 7.85. The zero-order chi connectivity index (χ0) is 26.2. The van der Waals surface area contributed by atoms with Gasteiger partial charge in [0.1, 0.15) is 16.4 Å². The summed E-state index contributed by atoms with van der Waals surface area (Å²) in [4.78, 5) is 13.4. The van der Waals surface area contributed by atoms with E-state index in [1.807, 2.05) is 18.7 Å². The highest BCUT2D eigenvalue weighted by Crippen LogP contribution is 2.41. The molecule has 11 heteroatoms. The van der Waals surface area contributed by atoms with Crippen molar-refractivity contribution in [1.29, 1.82) is 0 Å². The Bertz CT molecular complexity index is 1090. The minimum Gasteiger partial charge on any atom is -0.478 e. The van der Waals surface area contributed by atoms with E-state index in [1.165, 1.54) is 25.1 Å². The molecule has 7 nitrogen and oxygen atoms in total. The van der Waals surface area contributed by atoms with E-state index in [0.29, 0.717) is 18.8 Å². The van der Waals surface area contributed by atoms with Gasteiger partial charge in [-0.15, -0.1) is 13.2 Å². The van der Waals surface area contributed by atoms with Crippen molar-refractivity contribution in [2.45, 2.75) is 57.7 Å². The Morgan fingerprint density at radius 2 is 1.51 bits per heavy atom. The number of sulfone groups is 1. The highest BCUT2D eigenvalue weighted by Gasteiger charge is 2.31. The molecule has 2 aromatic rings. The summed E-state index contributed by atoms with van der Waals surface area (Å²) in [5, 5.41) is 9.65. The third kappa shape index (κ3) is 8.05. The molecule has 2 rings (SSSR count). The van der Waals surface area contributed by atoms with E-state index >= 15 is 0 Å². The van der Waals surface area contributed by atoms with E-state index < -0.39 is 27.9 Å². The van der Waals surface area contributed by atoms with Crippen molar-refractivity contribution in [2.75, 3.05) is 23.7 Å². The van der Waals surface area contributed by atoms with Gasteiger partial charge in [-0.1, -0.05) is 33.6 Å². The maximum Gasteiger partial charge on any atom is 0.573 e. The second-order valence-corrected chi connectivity index (χ2v) is 10.1. The number of unbranched alkanes of at least 4 members (excludes halogenated alkanes) is 2. The topological polar surface area (TPSA) is 93.1 Å². The van der Waals surface area contributed by atoms with Crippen LogP contribution in [0.15, 0.2) is 41.3 Å². The fraction of sp³-hybridized carbons (Fsp3) is 0.458. The summed E-state index contributed by atoms with van der Waals surface area (Å²) in [7, 11) is -3.92. The number of halogens is 3. The van der Waals surface area contributed by atoms with Crippen molar-refractivity contribution in [2.24, 2.45) is 0 Å². The largest absolute Gasteiger partial charge is 0.573 e. The Labute approximate surface area is 203 Å². The molecule has 0 heterocycles. The highest BCUT2D eigenvalue weighted by molar-refractivity contribution is 7.91. The van der Waals surface area contributed by atoms with Gasteiger partial charge in [-0.2, -0.15) is 0 Å². The van der Waals surface area contributed by atoms with Gasteiger partial charge in [0, 0.05) is 13.1 Å². The molecule has 0 aliphatic rings. The number of benzene rings is 2. The molecule has 0 aliphatic carbocycles. The summed E-state index contributed by atoms with van der Waals surface area (Å²) in [5.41, 5.74) is 0.0979. The van der Waals surface area contributed by atoms with Crippen LogP contribution >= 0.6 is 0 Å². The lowest BCUT2D eigenvalue weighted by atomic mass is 10.1. The van der Waals surface area contributed by atoms with Gasteiger partial charge in [-0.05, 0) is 49.2 Å². The molecule has 0 radical (unpaired) electrons. The van der Waals surface area contributed by atoms with E-state index in [-0.39, 0.29) is 27.7 Å². The fourth-order valence-corrected chi connectivity index (χ4v) is 4.36. The fourth-order valence-electron chi connectivity index (χ4n) is 3.31. The van der Waals surface area contributed by atoms with Crippen molar-refractivity contribution in [3.05, 3.63) is 42.0 Å². The molecule has 0 spiro atoms. The van der Waals surface area contributed by atoms with Crippen LogP contribution in [0.5, 0.6) is 17.2 Å². The summed E-state index contributed by atoms with van der Waals surface area (Å²) in [6, 6.07) is 6.97. The minimum absolute atomic E-state index is 0.0615. The van der Waals surface area contributed by atoms with Crippen LogP contribution in [-0.4, -0.2) is 44.7 Å². The van der Waals surface area contributed by atoms with E-state index in [0.717, 1.165) is 43.9 Å².